The number of alkyl carbamates (subject to hydrolysis) is 1. The van der Waals surface area contributed by atoms with Crippen LogP contribution in [0.1, 0.15) is 38.3 Å². The lowest BCUT2D eigenvalue weighted by atomic mass is 9.85. The zero-order valence-electron chi connectivity index (χ0n) is 23.1. The summed E-state index contributed by atoms with van der Waals surface area (Å²) < 4.78 is 4.74. The first-order valence-electron chi connectivity index (χ1n) is 13.2. The maximum atomic E-state index is 13.4. The van der Waals surface area contributed by atoms with Gasteiger partial charge in [-0.25, -0.2) is 4.79 Å². The molecule has 8 nitrogen and oxygen atoms in total. The maximum Gasteiger partial charge on any atom is 0.407 e. The predicted molar refractivity (Wildman–Crippen MR) is 153 cm³/mol. The molecular formula is C31H40N4O4. The van der Waals surface area contributed by atoms with Crippen LogP contribution in [0.5, 0.6) is 0 Å². The number of nitrogens with zero attached hydrogens (tertiary/aromatic N) is 1. The van der Waals surface area contributed by atoms with E-state index in [1.165, 1.54) is 7.11 Å². The normalized spacial score (nSPS) is 14.5. The summed E-state index contributed by atoms with van der Waals surface area (Å²) in [5.41, 5.74) is 9.68. The van der Waals surface area contributed by atoms with Crippen LogP contribution in [0.2, 0.25) is 0 Å². The topological polar surface area (TPSA) is 127 Å². The van der Waals surface area contributed by atoms with E-state index in [0.717, 1.165) is 22.4 Å². The van der Waals surface area contributed by atoms with E-state index in [2.05, 4.69) is 15.6 Å². The van der Waals surface area contributed by atoms with Crippen LogP contribution >= 0.6 is 0 Å². The highest BCUT2D eigenvalue weighted by Gasteiger charge is 2.34. The number of pyridine rings is 1. The van der Waals surface area contributed by atoms with Gasteiger partial charge in [0.1, 0.15) is 6.04 Å². The van der Waals surface area contributed by atoms with Crippen molar-refractivity contribution in [1.82, 2.24) is 15.6 Å². The van der Waals surface area contributed by atoms with Gasteiger partial charge >= 0.3 is 6.09 Å². The molecule has 2 aromatic carbocycles. The Morgan fingerprint density at radius 2 is 1.56 bits per heavy atom. The number of aromatic nitrogens is 1. The summed E-state index contributed by atoms with van der Waals surface area (Å²) in [5.74, 6) is -0.355. The number of carbonyl (C=O) groups is 2. The highest BCUT2D eigenvalue weighted by Crippen LogP contribution is 2.22. The lowest BCUT2D eigenvalue weighted by Gasteiger charge is -2.32. The molecule has 0 bridgehead atoms. The van der Waals surface area contributed by atoms with Gasteiger partial charge in [0.25, 0.3) is 0 Å². The van der Waals surface area contributed by atoms with Crippen molar-refractivity contribution in [1.29, 1.82) is 0 Å². The van der Waals surface area contributed by atoms with Crippen LogP contribution in [0.25, 0.3) is 11.3 Å². The summed E-state index contributed by atoms with van der Waals surface area (Å²) in [6.45, 7) is 5.59. The molecule has 208 valence electrons. The van der Waals surface area contributed by atoms with Crippen molar-refractivity contribution in [2.75, 3.05) is 7.11 Å². The van der Waals surface area contributed by atoms with E-state index in [-0.39, 0.29) is 12.3 Å². The van der Waals surface area contributed by atoms with Gasteiger partial charge in [-0.2, -0.15) is 0 Å². The van der Waals surface area contributed by atoms with E-state index < -0.39 is 35.7 Å². The molecule has 0 fully saturated rings. The molecule has 3 aromatic rings. The third-order valence-electron chi connectivity index (χ3n) is 6.65. The van der Waals surface area contributed by atoms with Crippen LogP contribution < -0.4 is 16.4 Å². The third-order valence-corrected chi connectivity index (χ3v) is 6.65. The molecule has 1 aromatic heterocycles. The number of methoxy groups -OCH3 is 1. The van der Waals surface area contributed by atoms with Crippen LogP contribution in [0, 0.1) is 5.41 Å². The third kappa shape index (κ3) is 9.19. The Bertz CT molecular complexity index is 1180. The fourth-order valence-electron chi connectivity index (χ4n) is 4.45. The van der Waals surface area contributed by atoms with Crippen LogP contribution in [0.3, 0.4) is 0 Å². The molecule has 1 heterocycles. The van der Waals surface area contributed by atoms with E-state index in [0.29, 0.717) is 12.8 Å². The predicted octanol–water partition coefficient (Wildman–Crippen LogP) is 3.87. The van der Waals surface area contributed by atoms with Crippen molar-refractivity contribution < 1.29 is 19.4 Å². The van der Waals surface area contributed by atoms with Crippen molar-refractivity contribution in [3.63, 3.8) is 0 Å². The molecule has 0 aliphatic carbocycles. The van der Waals surface area contributed by atoms with Gasteiger partial charge in [-0.15, -0.1) is 0 Å². The van der Waals surface area contributed by atoms with Crippen molar-refractivity contribution in [2.24, 2.45) is 11.1 Å². The number of amides is 2. The van der Waals surface area contributed by atoms with E-state index in [1.54, 1.807) is 6.20 Å². The van der Waals surface area contributed by atoms with E-state index >= 15 is 0 Å². The van der Waals surface area contributed by atoms with Gasteiger partial charge in [0.15, 0.2) is 0 Å². The number of aliphatic hydroxyl groups is 1. The van der Waals surface area contributed by atoms with Crippen molar-refractivity contribution in [3.05, 3.63) is 90.1 Å². The highest BCUT2D eigenvalue weighted by molar-refractivity contribution is 5.86. The molecule has 0 radical (unpaired) electrons. The van der Waals surface area contributed by atoms with Crippen LogP contribution in [-0.2, 0) is 22.4 Å². The minimum Gasteiger partial charge on any atom is -0.453 e. The van der Waals surface area contributed by atoms with E-state index in [1.807, 2.05) is 93.6 Å². The average molecular weight is 533 g/mol. The van der Waals surface area contributed by atoms with E-state index in [9.17, 15) is 14.7 Å². The quantitative estimate of drug-likeness (QED) is 0.297. The van der Waals surface area contributed by atoms with Crippen LogP contribution in [0.4, 0.5) is 4.79 Å². The lowest BCUT2D eigenvalue weighted by Crippen LogP contribution is -2.56. The first-order valence-corrected chi connectivity index (χ1v) is 13.2. The number of hydrogen-bond donors (Lipinski definition) is 4. The zero-order chi connectivity index (χ0) is 28.4. The number of nitrogens with two attached hydrogens (primary N) is 1. The van der Waals surface area contributed by atoms with Gasteiger partial charge < -0.3 is 26.2 Å². The summed E-state index contributed by atoms with van der Waals surface area (Å²) in [5, 5.41) is 16.7. The van der Waals surface area contributed by atoms with Gasteiger partial charge in [-0.05, 0) is 47.9 Å². The maximum absolute atomic E-state index is 13.4. The summed E-state index contributed by atoms with van der Waals surface area (Å²) in [6.07, 6.45) is 1.44. The summed E-state index contributed by atoms with van der Waals surface area (Å²) in [7, 11) is 1.26. The second kappa shape index (κ2) is 13.9. The highest BCUT2D eigenvalue weighted by atomic mass is 16.5. The number of rotatable bonds is 11. The zero-order valence-corrected chi connectivity index (χ0v) is 23.1. The number of benzene rings is 2. The number of nitrogens with one attached hydrogen (secondary N) is 2. The minimum absolute atomic E-state index is 0.247. The smallest absolute Gasteiger partial charge is 0.407 e. The Kier molecular flexibility index (Phi) is 10.6. The Morgan fingerprint density at radius 1 is 0.923 bits per heavy atom. The van der Waals surface area contributed by atoms with Crippen LogP contribution in [0.15, 0.2) is 79.0 Å². The SMILES string of the molecule is COC(=O)N[C@H](C(=O)N[C@@H](Cc1ccc(-c2ccccn2)cc1)C[C@@H](O)[C@@H](N)Cc1ccccc1)C(C)(C)C. The first kappa shape index (κ1) is 29.8. The summed E-state index contributed by atoms with van der Waals surface area (Å²) >= 11 is 0. The average Bonchev–Trinajstić information content (AvgIpc) is 2.92. The van der Waals surface area contributed by atoms with Gasteiger partial charge in [-0.1, -0.05) is 81.4 Å². The van der Waals surface area contributed by atoms with Gasteiger partial charge in [0.05, 0.1) is 18.9 Å². The molecule has 8 heteroatoms. The molecule has 4 atom stereocenters. The number of carbonyl (C=O) groups excluding carboxylic acids is 2. The largest absolute Gasteiger partial charge is 0.453 e. The molecule has 0 saturated carbocycles. The van der Waals surface area contributed by atoms with Crippen LogP contribution in [-0.4, -0.2) is 53.4 Å². The standard InChI is InChI=1S/C31H40N4O4/c1-31(2,3)28(35-30(38)39-4)29(37)34-24(20-27(36)25(32)19-21-10-6-5-7-11-21)18-22-13-15-23(16-14-22)26-12-8-9-17-33-26/h5-17,24-25,27-28,36H,18-20,32H2,1-4H3,(H,34,37)(H,35,38)/t24-,25-,27+,28+/m0/s1. The fraction of sp³-hybridized carbons (Fsp3) is 0.387. The molecule has 0 aliphatic heterocycles. The van der Waals surface area contributed by atoms with Gasteiger partial charge in [0.2, 0.25) is 5.91 Å². The summed E-state index contributed by atoms with van der Waals surface area (Å²) in [6, 6.07) is 21.7. The van der Waals surface area contributed by atoms with Crippen molar-refractivity contribution >= 4 is 12.0 Å². The van der Waals surface area contributed by atoms with Gasteiger partial charge in [-0.3, -0.25) is 9.78 Å². The second-order valence-electron chi connectivity index (χ2n) is 10.9. The fourth-order valence-corrected chi connectivity index (χ4v) is 4.45. The molecular weight excluding hydrogens is 492 g/mol. The number of hydrogen-bond acceptors (Lipinski definition) is 6. The molecule has 0 aliphatic rings. The minimum atomic E-state index is -0.857. The summed E-state index contributed by atoms with van der Waals surface area (Å²) in [4.78, 5) is 29.8. The molecule has 0 saturated heterocycles. The Morgan fingerprint density at radius 3 is 2.15 bits per heavy atom. The van der Waals surface area contributed by atoms with Gasteiger partial charge in [0, 0.05) is 23.8 Å². The molecule has 5 N–H and O–H groups in total. The monoisotopic (exact) mass is 532 g/mol. The molecule has 0 spiro atoms. The molecule has 2 amide bonds. The first-order chi connectivity index (χ1) is 18.6. The lowest BCUT2D eigenvalue weighted by molar-refractivity contribution is -0.126. The molecule has 39 heavy (non-hydrogen) atoms. The number of aliphatic hydroxyl groups excluding tert-OH is 1. The Balaban J connectivity index is 1.78. The van der Waals surface area contributed by atoms with Crippen molar-refractivity contribution in [2.45, 2.75) is 64.3 Å². The Labute approximate surface area is 231 Å². The second-order valence-corrected chi connectivity index (χ2v) is 10.9. The number of ether oxygens (including phenoxy) is 1. The molecule has 3 rings (SSSR count). The molecule has 0 unspecified atom stereocenters. The van der Waals surface area contributed by atoms with E-state index in [4.69, 9.17) is 10.5 Å². The van der Waals surface area contributed by atoms with Crippen molar-refractivity contribution in [3.8, 4) is 11.3 Å². The Hall–Kier alpha value is -3.75.